The van der Waals surface area contributed by atoms with Crippen LogP contribution in [0.3, 0.4) is 0 Å². The van der Waals surface area contributed by atoms with Crippen LogP contribution in [0.5, 0.6) is 5.75 Å². The van der Waals surface area contributed by atoms with E-state index in [1.54, 1.807) is 31.4 Å². The molecule has 5 N–H and O–H groups in total. The molecule has 7 heteroatoms. The smallest absolute Gasteiger partial charge is 0.243 e. The molecule has 0 aliphatic heterocycles. The van der Waals surface area contributed by atoms with Crippen molar-refractivity contribution >= 4 is 11.8 Å². The molecule has 0 fully saturated rings. The summed E-state index contributed by atoms with van der Waals surface area (Å²) >= 11 is 0. The number of carbonyl (C=O) groups excluding carboxylic acids is 2. The molecule has 2 atom stereocenters. The van der Waals surface area contributed by atoms with Crippen LogP contribution in [0.15, 0.2) is 84.9 Å². The molecule has 7 nitrogen and oxygen atoms in total. The fourth-order valence-corrected chi connectivity index (χ4v) is 3.97. The second-order valence-corrected chi connectivity index (χ2v) is 8.26. The van der Waals surface area contributed by atoms with Gasteiger partial charge in [0.2, 0.25) is 11.8 Å². The quantitative estimate of drug-likeness (QED) is 0.322. The van der Waals surface area contributed by atoms with Crippen LogP contribution in [0, 0.1) is 0 Å². The van der Waals surface area contributed by atoms with Gasteiger partial charge in [-0.05, 0) is 48.2 Å². The van der Waals surface area contributed by atoms with Crippen molar-refractivity contribution < 1.29 is 19.4 Å². The second-order valence-electron chi connectivity index (χ2n) is 8.26. The molecular weight excluding hydrogens is 442 g/mol. The third kappa shape index (κ3) is 7.15. The molecule has 0 aliphatic rings. The summed E-state index contributed by atoms with van der Waals surface area (Å²) in [5.41, 5.74) is 8.10. The van der Waals surface area contributed by atoms with Crippen molar-refractivity contribution in [2.24, 2.45) is 5.73 Å². The maximum atomic E-state index is 13.5. The number of aliphatic hydroxyl groups is 1. The van der Waals surface area contributed by atoms with Crippen LogP contribution in [0.2, 0.25) is 0 Å². The van der Waals surface area contributed by atoms with E-state index in [2.05, 4.69) is 10.6 Å². The van der Waals surface area contributed by atoms with Gasteiger partial charge in [0.05, 0.1) is 25.7 Å². The molecule has 0 heterocycles. The molecule has 3 aromatic carbocycles. The van der Waals surface area contributed by atoms with Crippen molar-refractivity contribution in [3.05, 3.63) is 102 Å². The minimum absolute atomic E-state index is 0.274. The van der Waals surface area contributed by atoms with Crippen LogP contribution < -0.4 is 21.1 Å². The molecule has 0 aliphatic carbocycles. The molecule has 3 rings (SSSR count). The Morgan fingerprint density at radius 3 is 1.89 bits per heavy atom. The largest absolute Gasteiger partial charge is 0.497 e. The van der Waals surface area contributed by atoms with E-state index in [0.29, 0.717) is 25.1 Å². The highest BCUT2D eigenvalue weighted by Gasteiger charge is 2.28. The number of ether oxygens (including phenoxy) is 1. The zero-order valence-corrected chi connectivity index (χ0v) is 19.9. The first-order valence-electron chi connectivity index (χ1n) is 11.7. The number of nitrogens with one attached hydrogen (secondary N) is 2. The van der Waals surface area contributed by atoms with Crippen LogP contribution in [-0.2, 0) is 9.59 Å². The Labute approximate surface area is 206 Å². The summed E-state index contributed by atoms with van der Waals surface area (Å²) in [4.78, 5) is 26.8. The lowest BCUT2D eigenvalue weighted by molar-refractivity contribution is -0.130. The Morgan fingerprint density at radius 2 is 1.40 bits per heavy atom. The number of rotatable bonds is 12. The van der Waals surface area contributed by atoms with Crippen molar-refractivity contribution in [2.45, 2.75) is 30.8 Å². The molecule has 0 radical (unpaired) electrons. The van der Waals surface area contributed by atoms with Gasteiger partial charge < -0.3 is 26.2 Å². The van der Waals surface area contributed by atoms with E-state index in [-0.39, 0.29) is 18.4 Å². The maximum Gasteiger partial charge on any atom is 0.243 e. The van der Waals surface area contributed by atoms with Gasteiger partial charge in [-0.25, -0.2) is 0 Å². The van der Waals surface area contributed by atoms with Gasteiger partial charge in [-0.15, -0.1) is 0 Å². The average Bonchev–Trinajstić information content (AvgIpc) is 2.91. The summed E-state index contributed by atoms with van der Waals surface area (Å²) in [5.74, 6) is -0.537. The standard InChI is InChI=1S/C28H33N3O4/c1-35-23-16-14-20(15-17-23)25(19-32)31-27(33)24(13-8-18-29)30-28(34)26(21-9-4-2-5-10-21)22-11-6-3-7-12-22/h2-7,9-12,14-17,24-26,32H,8,13,18-19,29H2,1H3,(H,30,34)(H,31,33)/t24-,25-/m0/s1. The number of amides is 2. The fraction of sp³-hybridized carbons (Fsp3) is 0.286. The van der Waals surface area contributed by atoms with Crippen LogP contribution >= 0.6 is 0 Å². The van der Waals surface area contributed by atoms with Gasteiger partial charge >= 0.3 is 0 Å². The third-order valence-corrected chi connectivity index (χ3v) is 5.88. The van der Waals surface area contributed by atoms with Crippen LogP contribution in [0.25, 0.3) is 0 Å². The Kier molecular flexibility index (Phi) is 9.83. The zero-order valence-electron chi connectivity index (χ0n) is 19.9. The van der Waals surface area contributed by atoms with Crippen molar-refractivity contribution in [3.8, 4) is 5.75 Å². The number of hydrogen-bond acceptors (Lipinski definition) is 5. The van der Waals surface area contributed by atoms with Crippen LogP contribution in [0.1, 0.15) is 41.5 Å². The normalized spacial score (nSPS) is 12.6. The number of nitrogens with two attached hydrogens (primary N) is 1. The molecule has 3 aromatic rings. The first kappa shape index (κ1) is 25.9. The lowest BCUT2D eigenvalue weighted by atomic mass is 9.90. The summed E-state index contributed by atoms with van der Waals surface area (Å²) < 4.78 is 5.18. The third-order valence-electron chi connectivity index (χ3n) is 5.88. The van der Waals surface area contributed by atoms with Crippen molar-refractivity contribution in [1.29, 1.82) is 0 Å². The molecular formula is C28H33N3O4. The maximum absolute atomic E-state index is 13.5. The molecule has 2 amide bonds. The lowest BCUT2D eigenvalue weighted by Crippen LogP contribution is -2.49. The molecule has 0 aromatic heterocycles. The molecule has 0 unspecified atom stereocenters. The van der Waals surface area contributed by atoms with E-state index in [0.717, 1.165) is 16.7 Å². The topological polar surface area (TPSA) is 114 Å². The summed E-state index contributed by atoms with van der Waals surface area (Å²) in [5, 5.41) is 15.7. The van der Waals surface area contributed by atoms with Crippen molar-refractivity contribution in [3.63, 3.8) is 0 Å². The zero-order chi connectivity index (χ0) is 25.0. The minimum atomic E-state index is -0.798. The van der Waals surface area contributed by atoms with E-state index in [4.69, 9.17) is 10.5 Å². The molecule has 35 heavy (non-hydrogen) atoms. The number of aliphatic hydroxyl groups excluding tert-OH is 1. The van der Waals surface area contributed by atoms with Crippen molar-refractivity contribution in [2.75, 3.05) is 20.3 Å². The Balaban J connectivity index is 1.80. The highest BCUT2D eigenvalue weighted by Crippen LogP contribution is 2.25. The highest BCUT2D eigenvalue weighted by atomic mass is 16.5. The summed E-state index contributed by atoms with van der Waals surface area (Å²) in [6, 6.07) is 24.6. The van der Waals surface area contributed by atoms with Gasteiger partial charge in [0.25, 0.3) is 0 Å². The van der Waals surface area contributed by atoms with Gasteiger partial charge in [-0.1, -0.05) is 72.8 Å². The monoisotopic (exact) mass is 475 g/mol. The predicted octanol–water partition coefficient (Wildman–Crippen LogP) is 2.90. The Bertz CT molecular complexity index is 1020. The molecule has 0 saturated carbocycles. The first-order chi connectivity index (χ1) is 17.1. The van der Waals surface area contributed by atoms with E-state index in [1.165, 1.54) is 0 Å². The summed E-state index contributed by atoms with van der Waals surface area (Å²) in [6.45, 7) is 0.106. The molecule has 0 bridgehead atoms. The molecule has 184 valence electrons. The van der Waals surface area contributed by atoms with E-state index >= 15 is 0 Å². The van der Waals surface area contributed by atoms with Gasteiger partial charge in [-0.3, -0.25) is 9.59 Å². The Morgan fingerprint density at radius 1 is 0.829 bits per heavy atom. The Hall–Kier alpha value is -3.68. The minimum Gasteiger partial charge on any atom is -0.497 e. The van der Waals surface area contributed by atoms with E-state index in [9.17, 15) is 14.7 Å². The van der Waals surface area contributed by atoms with E-state index < -0.39 is 18.0 Å². The second kappa shape index (κ2) is 13.3. The fourth-order valence-electron chi connectivity index (χ4n) is 3.97. The van der Waals surface area contributed by atoms with Crippen LogP contribution in [-0.4, -0.2) is 43.2 Å². The van der Waals surface area contributed by atoms with Crippen LogP contribution in [0.4, 0.5) is 0 Å². The molecule has 0 spiro atoms. The summed E-state index contributed by atoms with van der Waals surface area (Å²) in [7, 11) is 1.57. The van der Waals surface area contributed by atoms with Gasteiger partial charge in [0.1, 0.15) is 11.8 Å². The highest BCUT2D eigenvalue weighted by molar-refractivity contribution is 5.92. The number of hydrogen-bond donors (Lipinski definition) is 4. The number of benzene rings is 3. The van der Waals surface area contributed by atoms with Gasteiger partial charge in [0, 0.05) is 0 Å². The van der Waals surface area contributed by atoms with Gasteiger partial charge in [0.15, 0.2) is 0 Å². The predicted molar refractivity (Wildman–Crippen MR) is 136 cm³/mol. The number of methoxy groups -OCH3 is 1. The van der Waals surface area contributed by atoms with E-state index in [1.807, 2.05) is 60.7 Å². The van der Waals surface area contributed by atoms with Crippen molar-refractivity contribution in [1.82, 2.24) is 10.6 Å². The molecule has 0 saturated heterocycles. The first-order valence-corrected chi connectivity index (χ1v) is 11.7. The SMILES string of the molecule is COc1ccc([C@H](CO)NC(=O)[C@H](CCCN)NC(=O)C(c2ccccc2)c2ccccc2)cc1. The van der Waals surface area contributed by atoms with Gasteiger partial charge in [-0.2, -0.15) is 0 Å². The lowest BCUT2D eigenvalue weighted by Gasteiger charge is -2.25. The summed E-state index contributed by atoms with van der Waals surface area (Å²) in [6.07, 6.45) is 0.942. The average molecular weight is 476 g/mol. The number of carbonyl (C=O) groups is 2.